The lowest BCUT2D eigenvalue weighted by Gasteiger charge is -2.24. The van der Waals surface area contributed by atoms with Crippen LogP contribution in [0, 0.1) is 3.57 Å². The van der Waals surface area contributed by atoms with Crippen molar-refractivity contribution in [3.05, 3.63) is 26.2 Å². The van der Waals surface area contributed by atoms with E-state index < -0.39 is 0 Å². The van der Waals surface area contributed by atoms with Gasteiger partial charge in [0, 0.05) is 33.0 Å². The van der Waals surface area contributed by atoms with E-state index in [0.29, 0.717) is 6.04 Å². The van der Waals surface area contributed by atoms with E-state index in [4.69, 9.17) is 4.74 Å². The van der Waals surface area contributed by atoms with Crippen LogP contribution in [0.1, 0.15) is 12.8 Å². The van der Waals surface area contributed by atoms with E-state index in [1.165, 1.54) is 9.26 Å². The third-order valence-electron chi connectivity index (χ3n) is 2.51. The van der Waals surface area contributed by atoms with E-state index in [2.05, 4.69) is 62.0 Å². The SMILES string of the molecule is Brc1ccc(I)c(NC2CCOCC2)c1. The van der Waals surface area contributed by atoms with Crippen molar-refractivity contribution < 1.29 is 4.74 Å². The first-order valence-electron chi connectivity index (χ1n) is 5.05. The minimum absolute atomic E-state index is 0.557. The molecule has 0 bridgehead atoms. The Bertz CT molecular complexity index is 339. The first-order chi connectivity index (χ1) is 7.25. The molecule has 1 N–H and O–H groups in total. The summed E-state index contributed by atoms with van der Waals surface area (Å²) in [4.78, 5) is 0. The highest BCUT2D eigenvalue weighted by molar-refractivity contribution is 14.1. The predicted molar refractivity (Wildman–Crippen MR) is 74.3 cm³/mol. The van der Waals surface area contributed by atoms with Gasteiger partial charge in [0.25, 0.3) is 0 Å². The van der Waals surface area contributed by atoms with Crippen LogP contribution in [0.4, 0.5) is 5.69 Å². The zero-order valence-electron chi connectivity index (χ0n) is 8.30. The molecule has 1 aliphatic heterocycles. The Balaban J connectivity index is 2.05. The van der Waals surface area contributed by atoms with Gasteiger partial charge in [-0.3, -0.25) is 0 Å². The molecule has 2 nitrogen and oxygen atoms in total. The van der Waals surface area contributed by atoms with Crippen molar-refractivity contribution in [3.8, 4) is 0 Å². The van der Waals surface area contributed by atoms with Crippen molar-refractivity contribution in [2.24, 2.45) is 0 Å². The van der Waals surface area contributed by atoms with Crippen LogP contribution in [-0.4, -0.2) is 19.3 Å². The molecule has 4 heteroatoms. The van der Waals surface area contributed by atoms with Gasteiger partial charge < -0.3 is 10.1 Å². The van der Waals surface area contributed by atoms with E-state index in [9.17, 15) is 0 Å². The van der Waals surface area contributed by atoms with E-state index in [-0.39, 0.29) is 0 Å². The Hall–Kier alpha value is 0.190. The minimum Gasteiger partial charge on any atom is -0.381 e. The Labute approximate surface area is 112 Å². The van der Waals surface area contributed by atoms with Gasteiger partial charge in [0.15, 0.2) is 0 Å². The molecular weight excluding hydrogens is 369 g/mol. The maximum atomic E-state index is 5.34. The van der Waals surface area contributed by atoms with Crippen LogP contribution in [0.25, 0.3) is 0 Å². The molecule has 0 aromatic heterocycles. The molecule has 15 heavy (non-hydrogen) atoms. The standard InChI is InChI=1S/C11H13BrINO/c12-8-1-2-10(13)11(7-8)14-9-3-5-15-6-4-9/h1-2,7,9,14H,3-6H2. The molecule has 1 fully saturated rings. The molecular formula is C11H13BrINO. The lowest BCUT2D eigenvalue weighted by atomic mass is 10.1. The second-order valence-corrected chi connectivity index (χ2v) is 5.73. The van der Waals surface area contributed by atoms with E-state index in [1.54, 1.807) is 0 Å². The Morgan fingerprint density at radius 2 is 2.07 bits per heavy atom. The molecule has 0 spiro atoms. The van der Waals surface area contributed by atoms with Gasteiger partial charge in [0.05, 0.1) is 0 Å². The fourth-order valence-corrected chi connectivity index (χ4v) is 2.52. The highest BCUT2D eigenvalue weighted by atomic mass is 127. The molecule has 82 valence electrons. The van der Waals surface area contributed by atoms with Gasteiger partial charge in [0.1, 0.15) is 0 Å². The maximum Gasteiger partial charge on any atom is 0.0489 e. The van der Waals surface area contributed by atoms with E-state index >= 15 is 0 Å². The number of hydrogen-bond donors (Lipinski definition) is 1. The number of anilines is 1. The summed E-state index contributed by atoms with van der Waals surface area (Å²) >= 11 is 5.85. The molecule has 0 unspecified atom stereocenters. The van der Waals surface area contributed by atoms with Crippen LogP contribution in [0.15, 0.2) is 22.7 Å². The lowest BCUT2D eigenvalue weighted by molar-refractivity contribution is 0.0904. The summed E-state index contributed by atoms with van der Waals surface area (Å²) in [5, 5.41) is 3.57. The second kappa shape index (κ2) is 5.50. The normalized spacial score (nSPS) is 17.7. The third kappa shape index (κ3) is 3.32. The summed E-state index contributed by atoms with van der Waals surface area (Å²) in [5.74, 6) is 0. The summed E-state index contributed by atoms with van der Waals surface area (Å²) < 4.78 is 7.73. The van der Waals surface area contributed by atoms with Gasteiger partial charge in [-0.2, -0.15) is 0 Å². The van der Waals surface area contributed by atoms with Gasteiger partial charge in [-0.15, -0.1) is 0 Å². The third-order valence-corrected chi connectivity index (χ3v) is 3.94. The largest absolute Gasteiger partial charge is 0.381 e. The fraction of sp³-hybridized carbons (Fsp3) is 0.455. The molecule has 0 aliphatic carbocycles. The lowest BCUT2D eigenvalue weighted by Crippen LogP contribution is -2.28. The van der Waals surface area contributed by atoms with Crippen molar-refractivity contribution in [1.82, 2.24) is 0 Å². The smallest absolute Gasteiger partial charge is 0.0489 e. The Morgan fingerprint density at radius 1 is 1.33 bits per heavy atom. The average Bonchev–Trinajstić information content (AvgIpc) is 2.25. The van der Waals surface area contributed by atoms with Crippen LogP contribution in [0.2, 0.25) is 0 Å². The topological polar surface area (TPSA) is 21.3 Å². The van der Waals surface area contributed by atoms with Crippen LogP contribution >= 0.6 is 38.5 Å². The highest BCUT2D eigenvalue weighted by Gasteiger charge is 2.14. The molecule has 1 heterocycles. The zero-order chi connectivity index (χ0) is 10.7. The summed E-state index contributed by atoms with van der Waals surface area (Å²) in [6.07, 6.45) is 2.20. The Kier molecular flexibility index (Phi) is 4.28. The van der Waals surface area contributed by atoms with E-state index in [1.807, 2.05) is 0 Å². The van der Waals surface area contributed by atoms with Gasteiger partial charge in [-0.1, -0.05) is 15.9 Å². The monoisotopic (exact) mass is 381 g/mol. The second-order valence-electron chi connectivity index (χ2n) is 3.66. The Morgan fingerprint density at radius 3 is 2.80 bits per heavy atom. The highest BCUT2D eigenvalue weighted by Crippen LogP contribution is 2.25. The maximum absolute atomic E-state index is 5.34. The molecule has 0 radical (unpaired) electrons. The van der Waals surface area contributed by atoms with Crippen molar-refractivity contribution in [3.63, 3.8) is 0 Å². The van der Waals surface area contributed by atoms with Crippen LogP contribution in [0.5, 0.6) is 0 Å². The molecule has 1 aliphatic rings. The number of nitrogens with one attached hydrogen (secondary N) is 1. The molecule has 1 aromatic carbocycles. The first-order valence-corrected chi connectivity index (χ1v) is 6.92. The number of hydrogen-bond acceptors (Lipinski definition) is 2. The van der Waals surface area contributed by atoms with Gasteiger partial charge >= 0.3 is 0 Å². The summed E-state index contributed by atoms with van der Waals surface area (Å²) in [7, 11) is 0. The minimum atomic E-state index is 0.557. The fourth-order valence-electron chi connectivity index (χ4n) is 1.67. The molecule has 1 aromatic rings. The van der Waals surface area contributed by atoms with Crippen LogP contribution < -0.4 is 5.32 Å². The average molecular weight is 382 g/mol. The van der Waals surface area contributed by atoms with Gasteiger partial charge in [0.2, 0.25) is 0 Å². The first kappa shape index (κ1) is 11.7. The molecule has 0 saturated carbocycles. The number of rotatable bonds is 2. The van der Waals surface area contributed by atoms with Gasteiger partial charge in [-0.05, 0) is 53.6 Å². The number of benzene rings is 1. The summed E-state index contributed by atoms with van der Waals surface area (Å²) in [6.45, 7) is 1.75. The molecule has 0 atom stereocenters. The van der Waals surface area contributed by atoms with Crippen molar-refractivity contribution in [2.75, 3.05) is 18.5 Å². The number of halogens is 2. The van der Waals surface area contributed by atoms with Crippen LogP contribution in [-0.2, 0) is 4.74 Å². The van der Waals surface area contributed by atoms with E-state index in [0.717, 1.165) is 30.5 Å². The van der Waals surface area contributed by atoms with Crippen molar-refractivity contribution >= 4 is 44.2 Å². The van der Waals surface area contributed by atoms with Crippen molar-refractivity contribution in [1.29, 1.82) is 0 Å². The van der Waals surface area contributed by atoms with Crippen LogP contribution in [0.3, 0.4) is 0 Å². The summed E-state index contributed by atoms with van der Waals surface area (Å²) in [6, 6.07) is 6.88. The molecule has 2 rings (SSSR count). The zero-order valence-corrected chi connectivity index (χ0v) is 12.0. The van der Waals surface area contributed by atoms with Crippen molar-refractivity contribution in [2.45, 2.75) is 18.9 Å². The summed E-state index contributed by atoms with van der Waals surface area (Å²) in [5.41, 5.74) is 1.22. The molecule has 1 saturated heterocycles. The molecule has 0 amide bonds. The van der Waals surface area contributed by atoms with Gasteiger partial charge in [-0.25, -0.2) is 0 Å². The quantitative estimate of drug-likeness (QED) is 0.789. The number of ether oxygens (including phenoxy) is 1. The predicted octanol–water partition coefficient (Wildman–Crippen LogP) is 3.64.